The van der Waals surface area contributed by atoms with Crippen LogP contribution >= 0.6 is 0 Å². The zero-order valence-electron chi connectivity index (χ0n) is 50.2. The highest BCUT2D eigenvalue weighted by Gasteiger charge is 2.59. The van der Waals surface area contributed by atoms with Crippen molar-refractivity contribution in [3.05, 3.63) is 123 Å². The Morgan fingerprint density at radius 3 is 1.04 bits per heavy atom. The van der Waals surface area contributed by atoms with Crippen molar-refractivity contribution < 1.29 is 133 Å². The summed E-state index contributed by atoms with van der Waals surface area (Å²) in [5.41, 5.74) is -19.2. The van der Waals surface area contributed by atoms with E-state index in [0.29, 0.717) is 44.2 Å². The molecule has 0 heterocycles. The fourth-order valence-electron chi connectivity index (χ4n) is 9.87. The molecule has 4 rings (SSSR count). The lowest BCUT2D eigenvalue weighted by Crippen LogP contribution is -2.68. The number of unbranched alkanes of at least 4 members (excludes halogenated alkanes) is 12. The Hall–Kier alpha value is -5.46. The topological polar surface area (TPSA) is 46.2 Å². The van der Waals surface area contributed by atoms with Crippen molar-refractivity contribution in [1.29, 1.82) is 0 Å². The molecule has 0 spiro atoms. The van der Waals surface area contributed by atoms with Crippen LogP contribution in [0.3, 0.4) is 0 Å². The molecular formula is C60H70BF24NO5. The summed E-state index contributed by atoms with van der Waals surface area (Å²) in [7, 11) is -3.38. The number of rotatable bonds is 31. The standard InChI is InChI=1S/C52H67BF18NO5.C8H3F6/c1-7-11-13-15-17-19-21-23-72(35(5)73-25-9-3,24-22-20-18-16-14-12-8-2)46(6,74-26-10-4)45-43(52(69,70)71)33-40(51(66,67)68)34-44(45)77-53(75-41-29-36(47(54,55)56)27-37(30-41)48(57,58)59)76-42-31-38(49(60,61)62)28-39(32-42)50(63,64)65;9-7(10,11)5-2-1-3-6(4-5)8(12,13)14/h27-35H,7-26H2,1-6H3;2-4H/q+1;-1. The van der Waals surface area contributed by atoms with Crippen LogP contribution in [0.5, 0.6) is 17.2 Å². The molecule has 4 aromatic carbocycles. The van der Waals surface area contributed by atoms with Crippen molar-refractivity contribution in [2.24, 2.45) is 0 Å². The fraction of sp³-hybridized carbons (Fsp3) is 0.600. The third kappa shape index (κ3) is 24.1. The lowest BCUT2D eigenvalue weighted by atomic mass is 9.88. The molecule has 516 valence electrons. The molecule has 91 heavy (non-hydrogen) atoms. The summed E-state index contributed by atoms with van der Waals surface area (Å²) in [6.07, 6.45) is -34.6. The average molecular weight is 1350 g/mol. The van der Waals surface area contributed by atoms with Crippen molar-refractivity contribution in [3.63, 3.8) is 0 Å². The predicted molar refractivity (Wildman–Crippen MR) is 288 cm³/mol. The Kier molecular flexibility index (Phi) is 29.0. The van der Waals surface area contributed by atoms with Gasteiger partial charge in [0.05, 0.1) is 65.2 Å². The van der Waals surface area contributed by atoms with E-state index >= 15 is 13.2 Å². The van der Waals surface area contributed by atoms with Gasteiger partial charge >= 0.3 is 56.7 Å². The maximum atomic E-state index is 16.0. The van der Waals surface area contributed by atoms with Gasteiger partial charge in [0.1, 0.15) is 17.2 Å². The summed E-state index contributed by atoms with van der Waals surface area (Å²) in [6, 6.07) is 1.08. The summed E-state index contributed by atoms with van der Waals surface area (Å²) >= 11 is 0. The van der Waals surface area contributed by atoms with Gasteiger partial charge in [-0.15, -0.1) is 6.07 Å². The first-order chi connectivity index (χ1) is 41.8. The molecule has 0 radical (unpaired) electrons. The second-order valence-corrected chi connectivity index (χ2v) is 21.5. The number of quaternary nitrogens is 1. The van der Waals surface area contributed by atoms with Crippen molar-refractivity contribution in [2.75, 3.05) is 26.3 Å². The summed E-state index contributed by atoms with van der Waals surface area (Å²) in [6.45, 7) is 9.35. The van der Waals surface area contributed by atoms with E-state index in [4.69, 9.17) is 23.4 Å². The smallest absolute Gasteiger partial charge is 0.490 e. The number of benzene rings is 4. The molecule has 0 saturated carbocycles. The van der Waals surface area contributed by atoms with E-state index in [0.717, 1.165) is 58.3 Å². The molecule has 0 fully saturated rings. The normalized spacial score (nSPS) is 14.2. The van der Waals surface area contributed by atoms with Gasteiger partial charge in [-0.05, 0) is 87.1 Å². The molecule has 2 unspecified atom stereocenters. The van der Waals surface area contributed by atoms with Crippen LogP contribution in [0.15, 0.2) is 66.7 Å². The van der Waals surface area contributed by atoms with Gasteiger partial charge in [0, 0.05) is 13.8 Å². The quantitative estimate of drug-likeness (QED) is 0.0125. The maximum absolute atomic E-state index is 16.0. The largest absolute Gasteiger partial charge is 0.864 e. The molecule has 0 N–H and O–H groups in total. The first-order valence-corrected chi connectivity index (χ1v) is 29.0. The average Bonchev–Trinajstić information content (AvgIpc) is 0.719. The Morgan fingerprint density at radius 1 is 0.385 bits per heavy atom. The van der Waals surface area contributed by atoms with Crippen molar-refractivity contribution in [1.82, 2.24) is 0 Å². The minimum Gasteiger partial charge on any atom is -0.490 e. The van der Waals surface area contributed by atoms with Crippen molar-refractivity contribution in [3.8, 4) is 17.2 Å². The van der Waals surface area contributed by atoms with E-state index in [1.165, 1.54) is 6.92 Å². The Balaban J connectivity index is 0.00000135. The summed E-state index contributed by atoms with van der Waals surface area (Å²) in [4.78, 5) is 0. The van der Waals surface area contributed by atoms with Gasteiger partial charge < -0.3 is 23.4 Å². The molecule has 4 aromatic rings. The van der Waals surface area contributed by atoms with Crippen molar-refractivity contribution >= 4 is 7.32 Å². The molecule has 0 aliphatic rings. The number of hydrogen-bond acceptors (Lipinski definition) is 5. The molecule has 0 aromatic heterocycles. The van der Waals surface area contributed by atoms with Gasteiger partial charge in [-0.3, -0.25) is 4.48 Å². The van der Waals surface area contributed by atoms with Gasteiger partial charge in [0.25, 0.3) is 0 Å². The first kappa shape index (κ1) is 79.8. The molecular weight excluding hydrogens is 1280 g/mol. The van der Waals surface area contributed by atoms with Crippen LogP contribution in [0.25, 0.3) is 0 Å². The number of alkyl halides is 24. The minimum atomic E-state index is -5.81. The third-order valence-electron chi connectivity index (χ3n) is 14.5. The lowest BCUT2D eigenvalue weighted by Gasteiger charge is -2.55. The Bertz CT molecular complexity index is 2650. The van der Waals surface area contributed by atoms with E-state index in [2.05, 4.69) is 0 Å². The van der Waals surface area contributed by atoms with Gasteiger partial charge in [-0.1, -0.05) is 103 Å². The second kappa shape index (κ2) is 33.1. The van der Waals surface area contributed by atoms with Crippen LogP contribution in [-0.2, 0) is 64.6 Å². The number of halogens is 24. The van der Waals surface area contributed by atoms with Gasteiger partial charge in [-0.2, -0.15) is 124 Å². The minimum absolute atomic E-state index is 0.000875. The zero-order chi connectivity index (χ0) is 69.2. The van der Waals surface area contributed by atoms with Gasteiger partial charge in [0.2, 0.25) is 5.72 Å². The lowest BCUT2D eigenvalue weighted by molar-refractivity contribution is -1.04. The molecule has 6 nitrogen and oxygen atoms in total. The van der Waals surface area contributed by atoms with Crippen LogP contribution in [-0.4, -0.2) is 44.3 Å². The summed E-state index contributed by atoms with van der Waals surface area (Å²) in [5.74, 6) is -4.82. The van der Waals surface area contributed by atoms with Crippen LogP contribution < -0.4 is 14.0 Å². The highest BCUT2D eigenvalue weighted by Crippen LogP contribution is 2.52. The predicted octanol–water partition coefficient (Wildman–Crippen LogP) is 22.5. The van der Waals surface area contributed by atoms with E-state index in [-0.39, 0.29) is 81.4 Å². The van der Waals surface area contributed by atoms with Crippen LogP contribution in [0.4, 0.5) is 105 Å². The van der Waals surface area contributed by atoms with E-state index < -0.39 is 159 Å². The monoisotopic (exact) mass is 1350 g/mol. The van der Waals surface area contributed by atoms with Crippen molar-refractivity contribution in [2.45, 2.75) is 206 Å². The fourth-order valence-corrected chi connectivity index (χ4v) is 9.87. The Morgan fingerprint density at radius 2 is 0.714 bits per heavy atom. The van der Waals surface area contributed by atoms with Crippen LogP contribution in [0.1, 0.15) is 194 Å². The molecule has 31 heteroatoms. The molecule has 0 bridgehead atoms. The number of ether oxygens (including phenoxy) is 2. The Labute approximate surface area is 511 Å². The molecule has 0 amide bonds. The summed E-state index contributed by atoms with van der Waals surface area (Å²) < 4.78 is 363. The van der Waals surface area contributed by atoms with E-state index in [1.807, 2.05) is 13.8 Å². The third-order valence-corrected chi connectivity index (χ3v) is 14.5. The maximum Gasteiger partial charge on any atom is 0.864 e. The zero-order valence-corrected chi connectivity index (χ0v) is 50.2. The SMILES string of the molecule is CCCCCCCCC[N+](CCCCCCCCC)(C(C)OCCC)C(C)(OCCC)c1c(OB(Oc2cc(C(F)(F)F)cc(C(F)(F)F)c2)Oc2cc(C(F)(F)F)cc(C(F)(F)F)c2)cc(C(F)(F)F)cc1C(F)(F)F.FC(F)(F)c1c[c-]cc(C(F)(F)F)c1. The van der Waals surface area contributed by atoms with Gasteiger partial charge in [0.15, 0.2) is 6.23 Å². The first-order valence-electron chi connectivity index (χ1n) is 29.0. The number of hydrogen-bond donors (Lipinski definition) is 0. The highest BCUT2D eigenvalue weighted by atomic mass is 19.4. The number of nitrogens with zero attached hydrogens (tertiary/aromatic N) is 1. The van der Waals surface area contributed by atoms with Crippen LogP contribution in [0, 0.1) is 6.07 Å². The van der Waals surface area contributed by atoms with E-state index in [1.54, 1.807) is 19.9 Å². The molecule has 0 saturated heterocycles. The molecule has 0 aliphatic carbocycles. The second-order valence-electron chi connectivity index (χ2n) is 21.5. The highest BCUT2D eigenvalue weighted by molar-refractivity contribution is 6.39. The van der Waals surface area contributed by atoms with Gasteiger partial charge in [-0.25, -0.2) is 0 Å². The van der Waals surface area contributed by atoms with E-state index in [9.17, 15) is 92.2 Å². The van der Waals surface area contributed by atoms with Crippen LogP contribution in [0.2, 0.25) is 0 Å². The summed E-state index contributed by atoms with van der Waals surface area (Å²) in [5, 5.41) is 0. The molecule has 2 atom stereocenters. The molecule has 0 aliphatic heterocycles.